The van der Waals surface area contributed by atoms with Crippen LogP contribution < -0.4 is 0 Å². The summed E-state index contributed by atoms with van der Waals surface area (Å²) in [6.45, 7) is 9.87. The van der Waals surface area contributed by atoms with Crippen LogP contribution in [0.15, 0.2) is 17.8 Å². The minimum atomic E-state index is 0.362. The van der Waals surface area contributed by atoms with Gasteiger partial charge in [-0.2, -0.15) is 0 Å². The third kappa shape index (κ3) is 2.31. The summed E-state index contributed by atoms with van der Waals surface area (Å²) >= 11 is 0. The molecule has 0 spiro atoms. The van der Waals surface area contributed by atoms with Crippen molar-refractivity contribution in [1.29, 1.82) is 0 Å². The Kier molecular flexibility index (Phi) is 3.48. The first-order valence-electron chi connectivity index (χ1n) is 4.74. The molecule has 1 N–H and O–H groups in total. The van der Waals surface area contributed by atoms with Gasteiger partial charge in [0, 0.05) is 31.5 Å². The van der Waals surface area contributed by atoms with Gasteiger partial charge in [0.1, 0.15) is 0 Å². The van der Waals surface area contributed by atoms with E-state index in [9.17, 15) is 0 Å². The molecule has 0 bridgehead atoms. The molecule has 74 valence electrons. The monoisotopic (exact) mass is 182 g/mol. The molecule has 0 unspecified atom stereocenters. The molecule has 1 fully saturated rings. The molecule has 0 aromatic rings. The van der Waals surface area contributed by atoms with Crippen molar-refractivity contribution in [3.8, 4) is 0 Å². The lowest BCUT2D eigenvalue weighted by molar-refractivity contribution is 0.195. The van der Waals surface area contributed by atoms with Gasteiger partial charge in [-0.3, -0.25) is 4.90 Å². The van der Waals surface area contributed by atoms with Crippen molar-refractivity contribution in [1.82, 2.24) is 4.90 Å². The highest BCUT2D eigenvalue weighted by Crippen LogP contribution is 2.19. The van der Waals surface area contributed by atoms with E-state index in [1.165, 1.54) is 0 Å². The van der Waals surface area contributed by atoms with Gasteiger partial charge in [0.15, 0.2) is 0 Å². The number of oxime groups is 1. The summed E-state index contributed by atoms with van der Waals surface area (Å²) < 4.78 is 0. The molecule has 1 saturated heterocycles. The van der Waals surface area contributed by atoms with Crippen molar-refractivity contribution in [2.75, 3.05) is 13.1 Å². The van der Waals surface area contributed by atoms with Crippen LogP contribution in [0, 0.1) is 5.92 Å². The van der Waals surface area contributed by atoms with E-state index >= 15 is 0 Å². The molecule has 3 nitrogen and oxygen atoms in total. The van der Waals surface area contributed by atoms with E-state index < -0.39 is 0 Å². The van der Waals surface area contributed by atoms with Crippen molar-refractivity contribution in [3.63, 3.8) is 0 Å². The van der Waals surface area contributed by atoms with Crippen LogP contribution >= 0.6 is 0 Å². The van der Waals surface area contributed by atoms with E-state index in [2.05, 4.69) is 30.5 Å². The second-order valence-electron chi connectivity index (χ2n) is 3.79. The summed E-state index contributed by atoms with van der Waals surface area (Å²) in [5.74, 6) is 0.362. The van der Waals surface area contributed by atoms with Crippen LogP contribution in [-0.2, 0) is 0 Å². The van der Waals surface area contributed by atoms with Crippen molar-refractivity contribution in [2.45, 2.75) is 26.3 Å². The summed E-state index contributed by atoms with van der Waals surface area (Å²) in [6, 6.07) is 0.458. The summed E-state index contributed by atoms with van der Waals surface area (Å²) in [7, 11) is 0. The zero-order chi connectivity index (χ0) is 9.84. The molecular formula is C10H18N2O. The number of piperidine rings is 1. The highest BCUT2D eigenvalue weighted by molar-refractivity contribution is 5.87. The Hall–Kier alpha value is -0.830. The minimum absolute atomic E-state index is 0.362. The highest BCUT2D eigenvalue weighted by atomic mass is 16.4. The fourth-order valence-electron chi connectivity index (χ4n) is 1.83. The number of nitrogens with zero attached hydrogens (tertiary/aromatic N) is 2. The van der Waals surface area contributed by atoms with Crippen molar-refractivity contribution in [2.24, 2.45) is 11.1 Å². The fraction of sp³-hybridized carbons (Fsp3) is 0.700. The van der Waals surface area contributed by atoms with Gasteiger partial charge in [0.05, 0.1) is 5.71 Å². The van der Waals surface area contributed by atoms with Crippen LogP contribution in [-0.4, -0.2) is 35.0 Å². The first kappa shape index (κ1) is 10.3. The maximum Gasteiger partial charge on any atom is 0.0627 e. The van der Waals surface area contributed by atoms with Gasteiger partial charge in [-0.25, -0.2) is 0 Å². The molecule has 0 saturated carbocycles. The predicted octanol–water partition coefficient (Wildman–Crippen LogP) is 1.73. The molecule has 1 aliphatic rings. The Labute approximate surface area is 79.7 Å². The lowest BCUT2D eigenvalue weighted by Crippen LogP contribution is -2.45. The van der Waals surface area contributed by atoms with Gasteiger partial charge in [-0.15, -0.1) is 6.58 Å². The fourth-order valence-corrected chi connectivity index (χ4v) is 1.83. The van der Waals surface area contributed by atoms with Crippen LogP contribution in [0.5, 0.6) is 0 Å². The maximum atomic E-state index is 8.74. The molecule has 0 radical (unpaired) electrons. The van der Waals surface area contributed by atoms with E-state index in [1.807, 2.05) is 6.08 Å². The third-order valence-corrected chi connectivity index (χ3v) is 2.70. The van der Waals surface area contributed by atoms with Gasteiger partial charge >= 0.3 is 0 Å². The van der Waals surface area contributed by atoms with E-state index in [-0.39, 0.29) is 0 Å². The van der Waals surface area contributed by atoms with E-state index in [0.29, 0.717) is 12.0 Å². The second-order valence-corrected chi connectivity index (χ2v) is 3.79. The molecule has 1 heterocycles. The average Bonchev–Trinajstić information content (AvgIpc) is 2.11. The van der Waals surface area contributed by atoms with E-state index in [1.54, 1.807) is 0 Å². The second kappa shape index (κ2) is 4.42. The Morgan fingerprint density at radius 1 is 1.69 bits per heavy atom. The summed E-state index contributed by atoms with van der Waals surface area (Å²) in [5, 5.41) is 12.1. The van der Waals surface area contributed by atoms with Crippen molar-refractivity contribution in [3.05, 3.63) is 12.7 Å². The Morgan fingerprint density at radius 2 is 2.38 bits per heavy atom. The topological polar surface area (TPSA) is 35.8 Å². The number of hydrogen-bond donors (Lipinski definition) is 1. The molecule has 0 amide bonds. The smallest absolute Gasteiger partial charge is 0.0627 e. The molecule has 1 aliphatic heterocycles. The normalized spacial score (nSPS) is 33.5. The van der Waals surface area contributed by atoms with Gasteiger partial charge in [-0.1, -0.05) is 18.2 Å². The zero-order valence-corrected chi connectivity index (χ0v) is 8.40. The summed E-state index contributed by atoms with van der Waals surface area (Å²) in [5.41, 5.74) is 0.924. The van der Waals surface area contributed by atoms with Gasteiger partial charge in [-0.05, 0) is 6.92 Å². The Morgan fingerprint density at radius 3 is 2.92 bits per heavy atom. The van der Waals surface area contributed by atoms with Gasteiger partial charge in [0.2, 0.25) is 0 Å². The largest absolute Gasteiger partial charge is 0.411 e. The standard InChI is InChI=1S/C10H18N2O/c1-4-5-12-7-8(2)10(11-13)6-9(12)3/h4,8-9,13H,1,5-7H2,2-3H3/b11-10+/t8-,9+/m0/s1. The third-order valence-electron chi connectivity index (χ3n) is 2.70. The van der Waals surface area contributed by atoms with E-state index in [0.717, 1.165) is 25.2 Å². The average molecular weight is 182 g/mol. The quantitative estimate of drug-likeness (QED) is 0.401. The predicted molar refractivity (Wildman–Crippen MR) is 54.2 cm³/mol. The first-order chi connectivity index (χ1) is 6.19. The van der Waals surface area contributed by atoms with Gasteiger partial charge in [0.25, 0.3) is 0 Å². The number of likely N-dealkylation sites (tertiary alicyclic amines) is 1. The Balaban J connectivity index is 2.61. The molecule has 13 heavy (non-hydrogen) atoms. The van der Waals surface area contributed by atoms with Crippen LogP contribution in [0.2, 0.25) is 0 Å². The SMILES string of the molecule is C=CCN1C[C@H](C)/C(=N/O)C[C@H]1C. The molecule has 0 aliphatic carbocycles. The summed E-state index contributed by atoms with van der Waals surface area (Å²) in [6.07, 6.45) is 2.79. The van der Waals surface area contributed by atoms with Crippen molar-refractivity contribution < 1.29 is 5.21 Å². The number of hydrogen-bond acceptors (Lipinski definition) is 3. The van der Waals surface area contributed by atoms with Crippen LogP contribution in [0.3, 0.4) is 0 Å². The van der Waals surface area contributed by atoms with Crippen molar-refractivity contribution >= 4 is 5.71 Å². The first-order valence-corrected chi connectivity index (χ1v) is 4.74. The van der Waals surface area contributed by atoms with Gasteiger partial charge < -0.3 is 5.21 Å². The number of rotatable bonds is 2. The molecule has 3 heteroatoms. The van der Waals surface area contributed by atoms with E-state index in [4.69, 9.17) is 5.21 Å². The highest BCUT2D eigenvalue weighted by Gasteiger charge is 2.26. The molecule has 0 aromatic heterocycles. The summed E-state index contributed by atoms with van der Waals surface area (Å²) in [4.78, 5) is 2.35. The molecular weight excluding hydrogens is 164 g/mol. The molecule has 0 aromatic carbocycles. The van der Waals surface area contributed by atoms with Crippen LogP contribution in [0.25, 0.3) is 0 Å². The zero-order valence-electron chi connectivity index (χ0n) is 8.40. The molecule has 2 atom stereocenters. The minimum Gasteiger partial charge on any atom is -0.411 e. The molecule has 1 rings (SSSR count). The maximum absolute atomic E-state index is 8.74. The Bertz CT molecular complexity index is 213. The van der Waals surface area contributed by atoms with Crippen LogP contribution in [0.1, 0.15) is 20.3 Å². The lowest BCUT2D eigenvalue weighted by atomic mass is 9.93. The van der Waals surface area contributed by atoms with Crippen LogP contribution in [0.4, 0.5) is 0 Å². The lowest BCUT2D eigenvalue weighted by Gasteiger charge is -2.36.